The molecule has 2 aliphatic heterocycles. The summed E-state index contributed by atoms with van der Waals surface area (Å²) in [7, 11) is 0. The lowest BCUT2D eigenvalue weighted by atomic mass is 9.97. The summed E-state index contributed by atoms with van der Waals surface area (Å²) in [6, 6.07) is 1.28. The standard InChI is InChI=1S/C21H35N5O/c1-4-22-21(27)20-18-14-25(17-7-10-24(11-8-17)15(2)3)12-9-19(18)26(23-20)13-16-5-6-16/h15-17H,4-14H2,1-3H3,(H,22,27). The van der Waals surface area contributed by atoms with E-state index in [1.165, 1.54) is 50.0 Å². The van der Waals surface area contributed by atoms with E-state index in [-0.39, 0.29) is 5.91 Å². The van der Waals surface area contributed by atoms with Gasteiger partial charge in [0.1, 0.15) is 0 Å². The highest BCUT2D eigenvalue weighted by atomic mass is 16.1. The van der Waals surface area contributed by atoms with Crippen molar-refractivity contribution in [3.05, 3.63) is 17.0 Å². The average molecular weight is 374 g/mol. The fourth-order valence-corrected chi connectivity index (χ4v) is 4.71. The number of carbonyl (C=O) groups is 1. The van der Waals surface area contributed by atoms with Gasteiger partial charge in [-0.25, -0.2) is 0 Å². The molecule has 0 spiro atoms. The summed E-state index contributed by atoms with van der Waals surface area (Å²) in [5.41, 5.74) is 3.19. The molecule has 1 aromatic rings. The van der Waals surface area contributed by atoms with Crippen molar-refractivity contribution in [2.24, 2.45) is 5.92 Å². The Morgan fingerprint density at radius 3 is 2.56 bits per heavy atom. The molecule has 2 fully saturated rings. The van der Waals surface area contributed by atoms with Gasteiger partial charge in [-0.1, -0.05) is 0 Å². The Kier molecular flexibility index (Phi) is 5.55. The Hall–Kier alpha value is -1.40. The number of piperidine rings is 1. The number of nitrogens with one attached hydrogen (secondary N) is 1. The maximum Gasteiger partial charge on any atom is 0.272 e. The van der Waals surface area contributed by atoms with Crippen molar-refractivity contribution in [3.8, 4) is 0 Å². The molecule has 1 amide bonds. The van der Waals surface area contributed by atoms with Gasteiger partial charge in [-0.15, -0.1) is 0 Å². The maximum absolute atomic E-state index is 12.6. The molecule has 27 heavy (non-hydrogen) atoms. The van der Waals surface area contributed by atoms with Crippen LogP contribution in [0.5, 0.6) is 0 Å². The molecule has 0 aromatic carbocycles. The van der Waals surface area contributed by atoms with Gasteiger partial charge in [-0.05, 0) is 65.5 Å². The van der Waals surface area contributed by atoms with E-state index in [4.69, 9.17) is 5.10 Å². The number of carbonyl (C=O) groups excluding carboxylic acids is 1. The van der Waals surface area contributed by atoms with Crippen LogP contribution in [0.3, 0.4) is 0 Å². The minimum Gasteiger partial charge on any atom is -0.351 e. The van der Waals surface area contributed by atoms with Crippen LogP contribution in [0.2, 0.25) is 0 Å². The average Bonchev–Trinajstić information content (AvgIpc) is 3.42. The molecular formula is C21H35N5O. The molecule has 1 N–H and O–H groups in total. The first kappa shape index (κ1) is 18.9. The SMILES string of the molecule is CCNC(=O)c1nn(CC2CC2)c2c1CN(C1CCN(C(C)C)CC1)CC2. The first-order valence-corrected chi connectivity index (χ1v) is 10.9. The molecule has 3 aliphatic rings. The number of amides is 1. The van der Waals surface area contributed by atoms with Crippen LogP contribution < -0.4 is 5.32 Å². The minimum absolute atomic E-state index is 0.000209. The molecule has 0 bridgehead atoms. The van der Waals surface area contributed by atoms with E-state index < -0.39 is 0 Å². The molecular weight excluding hydrogens is 338 g/mol. The van der Waals surface area contributed by atoms with Gasteiger partial charge in [0.2, 0.25) is 0 Å². The van der Waals surface area contributed by atoms with Crippen LogP contribution in [-0.4, -0.2) is 63.8 Å². The Morgan fingerprint density at radius 2 is 1.93 bits per heavy atom. The molecule has 6 nitrogen and oxygen atoms in total. The lowest BCUT2D eigenvalue weighted by molar-refractivity contribution is 0.0822. The summed E-state index contributed by atoms with van der Waals surface area (Å²) in [5, 5.41) is 7.74. The first-order valence-electron chi connectivity index (χ1n) is 10.9. The third-order valence-corrected chi connectivity index (χ3v) is 6.59. The lowest BCUT2D eigenvalue weighted by Gasteiger charge is -2.41. The van der Waals surface area contributed by atoms with Crippen LogP contribution in [0.15, 0.2) is 0 Å². The summed E-state index contributed by atoms with van der Waals surface area (Å²) in [4.78, 5) is 17.8. The predicted octanol–water partition coefficient (Wildman–Crippen LogP) is 2.27. The van der Waals surface area contributed by atoms with E-state index in [0.29, 0.717) is 24.3 Å². The van der Waals surface area contributed by atoms with Gasteiger partial charge in [-0.3, -0.25) is 14.4 Å². The fraction of sp³-hybridized carbons (Fsp3) is 0.810. The molecule has 3 heterocycles. The van der Waals surface area contributed by atoms with Crippen LogP contribution in [-0.2, 0) is 19.5 Å². The maximum atomic E-state index is 12.6. The van der Waals surface area contributed by atoms with Gasteiger partial charge in [0.25, 0.3) is 5.91 Å². The molecule has 1 saturated heterocycles. The summed E-state index contributed by atoms with van der Waals surface area (Å²) in [5.74, 6) is 0.772. The Balaban J connectivity index is 1.50. The third-order valence-electron chi connectivity index (χ3n) is 6.59. The molecule has 4 rings (SSSR count). The molecule has 0 atom stereocenters. The van der Waals surface area contributed by atoms with Crippen molar-refractivity contribution in [3.63, 3.8) is 0 Å². The van der Waals surface area contributed by atoms with E-state index in [1.54, 1.807) is 0 Å². The van der Waals surface area contributed by atoms with Gasteiger partial charge in [0.05, 0.1) is 0 Å². The van der Waals surface area contributed by atoms with Crippen molar-refractivity contribution >= 4 is 5.91 Å². The highest BCUT2D eigenvalue weighted by molar-refractivity contribution is 5.94. The van der Waals surface area contributed by atoms with Gasteiger partial charge >= 0.3 is 0 Å². The normalized spacial score (nSPS) is 22.2. The first-order chi connectivity index (χ1) is 13.1. The van der Waals surface area contributed by atoms with Gasteiger partial charge in [0, 0.05) is 55.9 Å². The molecule has 150 valence electrons. The van der Waals surface area contributed by atoms with Crippen molar-refractivity contribution in [2.75, 3.05) is 26.2 Å². The summed E-state index contributed by atoms with van der Waals surface area (Å²) >= 11 is 0. The number of hydrogen-bond donors (Lipinski definition) is 1. The lowest BCUT2D eigenvalue weighted by Crippen LogP contribution is -2.48. The zero-order chi connectivity index (χ0) is 19.0. The molecule has 0 radical (unpaired) electrons. The van der Waals surface area contributed by atoms with E-state index >= 15 is 0 Å². The minimum atomic E-state index is -0.000209. The molecule has 0 unspecified atom stereocenters. The smallest absolute Gasteiger partial charge is 0.272 e. The van der Waals surface area contributed by atoms with Crippen LogP contribution in [0, 0.1) is 5.92 Å². The molecule has 6 heteroatoms. The second-order valence-corrected chi connectivity index (χ2v) is 8.84. The van der Waals surface area contributed by atoms with E-state index in [9.17, 15) is 4.79 Å². The van der Waals surface area contributed by atoms with Crippen LogP contribution >= 0.6 is 0 Å². The fourth-order valence-electron chi connectivity index (χ4n) is 4.71. The van der Waals surface area contributed by atoms with Crippen LogP contribution in [0.25, 0.3) is 0 Å². The highest BCUT2D eigenvalue weighted by Gasteiger charge is 2.34. The van der Waals surface area contributed by atoms with Gasteiger partial charge in [0.15, 0.2) is 5.69 Å². The van der Waals surface area contributed by atoms with Gasteiger partial charge in [-0.2, -0.15) is 5.10 Å². The molecule has 1 aromatic heterocycles. The Morgan fingerprint density at radius 1 is 1.19 bits per heavy atom. The third kappa shape index (κ3) is 4.06. The van der Waals surface area contributed by atoms with Crippen molar-refractivity contribution in [1.82, 2.24) is 24.9 Å². The van der Waals surface area contributed by atoms with Crippen LogP contribution in [0.4, 0.5) is 0 Å². The number of aromatic nitrogens is 2. The van der Waals surface area contributed by atoms with E-state index in [2.05, 4.69) is 33.6 Å². The second-order valence-electron chi connectivity index (χ2n) is 8.84. The molecule has 1 aliphatic carbocycles. The van der Waals surface area contributed by atoms with E-state index in [1.807, 2.05) is 6.92 Å². The molecule has 1 saturated carbocycles. The number of fused-ring (bicyclic) bond motifs is 1. The van der Waals surface area contributed by atoms with E-state index in [0.717, 1.165) is 32.0 Å². The van der Waals surface area contributed by atoms with Crippen molar-refractivity contribution < 1.29 is 4.79 Å². The van der Waals surface area contributed by atoms with Crippen molar-refractivity contribution in [2.45, 2.75) is 78.0 Å². The largest absolute Gasteiger partial charge is 0.351 e. The van der Waals surface area contributed by atoms with Crippen molar-refractivity contribution in [1.29, 1.82) is 0 Å². The number of likely N-dealkylation sites (tertiary alicyclic amines) is 1. The summed E-state index contributed by atoms with van der Waals surface area (Å²) < 4.78 is 2.16. The summed E-state index contributed by atoms with van der Waals surface area (Å²) in [6.07, 6.45) is 6.12. The number of hydrogen-bond acceptors (Lipinski definition) is 4. The quantitative estimate of drug-likeness (QED) is 0.831. The monoisotopic (exact) mass is 373 g/mol. The van der Waals surface area contributed by atoms with Gasteiger partial charge < -0.3 is 10.2 Å². The Labute approximate surface area is 163 Å². The topological polar surface area (TPSA) is 53.4 Å². The zero-order valence-corrected chi connectivity index (χ0v) is 17.2. The highest BCUT2D eigenvalue weighted by Crippen LogP contribution is 2.33. The second kappa shape index (κ2) is 7.92. The number of rotatable bonds is 6. The van der Waals surface area contributed by atoms with Crippen LogP contribution in [0.1, 0.15) is 68.2 Å². The predicted molar refractivity (Wildman–Crippen MR) is 107 cm³/mol. The number of nitrogens with zero attached hydrogens (tertiary/aromatic N) is 4. The summed E-state index contributed by atoms with van der Waals surface area (Å²) in [6.45, 7) is 12.6. The zero-order valence-electron chi connectivity index (χ0n) is 17.2. The Bertz CT molecular complexity index is 670.